The van der Waals surface area contributed by atoms with Gasteiger partial charge in [-0.15, -0.1) is 0 Å². The van der Waals surface area contributed by atoms with Crippen molar-refractivity contribution in [3.63, 3.8) is 0 Å². The first-order valence-electron chi connectivity index (χ1n) is 8.34. The molecule has 3 unspecified atom stereocenters. The quantitative estimate of drug-likeness (QED) is 0.767. The van der Waals surface area contributed by atoms with Crippen LogP contribution < -0.4 is 5.32 Å². The Bertz CT molecular complexity index is 451. The van der Waals surface area contributed by atoms with Crippen molar-refractivity contribution in [1.82, 2.24) is 5.32 Å². The molecule has 3 atom stereocenters. The second-order valence-corrected chi connectivity index (χ2v) is 6.92. The van der Waals surface area contributed by atoms with Gasteiger partial charge in [-0.25, -0.2) is 0 Å². The molecule has 0 aliphatic rings. The van der Waals surface area contributed by atoms with E-state index >= 15 is 0 Å². The minimum Gasteiger partial charge on any atom is -0.393 e. The van der Waals surface area contributed by atoms with E-state index in [0.29, 0.717) is 31.2 Å². The summed E-state index contributed by atoms with van der Waals surface area (Å²) in [5.41, 5.74) is 2.53. The van der Waals surface area contributed by atoms with E-state index in [1.54, 1.807) is 6.92 Å². The molecule has 0 bridgehead atoms. The molecule has 0 aliphatic carbocycles. The van der Waals surface area contributed by atoms with Crippen molar-refractivity contribution in [2.75, 3.05) is 6.54 Å². The van der Waals surface area contributed by atoms with E-state index in [-0.39, 0.29) is 17.9 Å². The summed E-state index contributed by atoms with van der Waals surface area (Å²) in [5, 5.41) is 12.3. The summed E-state index contributed by atoms with van der Waals surface area (Å²) in [6, 6.07) is 8.56. The third kappa shape index (κ3) is 6.61. The van der Waals surface area contributed by atoms with Crippen molar-refractivity contribution in [2.24, 2.45) is 5.92 Å². The SMILES string of the molecule is CC(O)CC(C)CNC(=O)CC(C)c1ccc(C(C)C)cc1. The van der Waals surface area contributed by atoms with Crippen LogP contribution in [0.15, 0.2) is 24.3 Å². The number of hydrogen-bond acceptors (Lipinski definition) is 2. The number of hydrogen-bond donors (Lipinski definition) is 2. The highest BCUT2D eigenvalue weighted by atomic mass is 16.3. The lowest BCUT2D eigenvalue weighted by atomic mass is 9.94. The van der Waals surface area contributed by atoms with Crippen LogP contribution in [-0.2, 0) is 4.79 Å². The number of aliphatic hydroxyl groups is 1. The third-order valence-electron chi connectivity index (χ3n) is 4.05. The van der Waals surface area contributed by atoms with Gasteiger partial charge in [-0.3, -0.25) is 4.79 Å². The number of aliphatic hydroxyl groups excluding tert-OH is 1. The van der Waals surface area contributed by atoms with Gasteiger partial charge in [-0.05, 0) is 42.2 Å². The van der Waals surface area contributed by atoms with E-state index in [0.717, 1.165) is 0 Å². The molecule has 0 saturated heterocycles. The average Bonchev–Trinajstić information content (AvgIpc) is 2.44. The van der Waals surface area contributed by atoms with Crippen molar-refractivity contribution >= 4 is 5.91 Å². The first-order valence-corrected chi connectivity index (χ1v) is 8.34. The molecule has 1 aromatic carbocycles. The van der Waals surface area contributed by atoms with Gasteiger partial charge in [0.1, 0.15) is 0 Å². The molecule has 3 nitrogen and oxygen atoms in total. The minimum atomic E-state index is -0.315. The zero-order chi connectivity index (χ0) is 16.7. The normalized spacial score (nSPS) is 15.4. The van der Waals surface area contributed by atoms with Gasteiger partial charge >= 0.3 is 0 Å². The Labute approximate surface area is 135 Å². The smallest absolute Gasteiger partial charge is 0.220 e. The van der Waals surface area contributed by atoms with E-state index in [4.69, 9.17) is 0 Å². The zero-order valence-corrected chi connectivity index (χ0v) is 14.6. The number of benzene rings is 1. The Kier molecular flexibility index (Phi) is 7.60. The predicted octanol–water partition coefficient (Wildman–Crippen LogP) is 3.83. The second-order valence-electron chi connectivity index (χ2n) is 6.92. The van der Waals surface area contributed by atoms with Gasteiger partial charge in [-0.2, -0.15) is 0 Å². The van der Waals surface area contributed by atoms with Gasteiger partial charge in [0.05, 0.1) is 6.10 Å². The number of carbonyl (C=O) groups excluding carboxylic acids is 1. The van der Waals surface area contributed by atoms with E-state index in [1.807, 2.05) is 6.92 Å². The van der Waals surface area contributed by atoms with Gasteiger partial charge in [-0.1, -0.05) is 52.0 Å². The van der Waals surface area contributed by atoms with E-state index in [9.17, 15) is 9.90 Å². The molecule has 0 aliphatic heterocycles. The summed E-state index contributed by atoms with van der Waals surface area (Å²) in [6.45, 7) is 10.9. The largest absolute Gasteiger partial charge is 0.393 e. The summed E-state index contributed by atoms with van der Waals surface area (Å²) in [7, 11) is 0. The first-order chi connectivity index (χ1) is 10.3. The maximum absolute atomic E-state index is 12.0. The maximum Gasteiger partial charge on any atom is 0.220 e. The fourth-order valence-electron chi connectivity index (χ4n) is 2.63. The molecule has 1 rings (SSSR count). The standard InChI is InChI=1S/C19H31NO2/c1-13(2)17-6-8-18(9-7-17)15(4)11-19(22)20-12-14(3)10-16(5)21/h6-9,13-16,21H,10-12H2,1-5H3,(H,20,22). The van der Waals surface area contributed by atoms with Crippen molar-refractivity contribution in [1.29, 1.82) is 0 Å². The number of carbonyl (C=O) groups is 1. The lowest BCUT2D eigenvalue weighted by Crippen LogP contribution is -2.30. The van der Waals surface area contributed by atoms with Crippen molar-refractivity contribution in [2.45, 2.75) is 65.4 Å². The fourth-order valence-corrected chi connectivity index (χ4v) is 2.63. The summed E-state index contributed by atoms with van der Waals surface area (Å²) < 4.78 is 0. The van der Waals surface area contributed by atoms with E-state index in [2.05, 4.69) is 50.4 Å². The van der Waals surface area contributed by atoms with Crippen LogP contribution in [0.1, 0.15) is 70.4 Å². The molecule has 0 spiro atoms. The molecule has 0 heterocycles. The van der Waals surface area contributed by atoms with Gasteiger partial charge in [0.15, 0.2) is 0 Å². The summed E-state index contributed by atoms with van der Waals surface area (Å²) in [4.78, 5) is 12.0. The fraction of sp³-hybridized carbons (Fsp3) is 0.632. The van der Waals surface area contributed by atoms with Gasteiger partial charge < -0.3 is 10.4 Å². The molecule has 0 aromatic heterocycles. The van der Waals surface area contributed by atoms with Crippen LogP contribution in [-0.4, -0.2) is 23.7 Å². The number of nitrogens with one attached hydrogen (secondary N) is 1. The number of amides is 1. The summed E-state index contributed by atoms with van der Waals surface area (Å²) in [6.07, 6.45) is 0.903. The van der Waals surface area contributed by atoms with Gasteiger partial charge in [0, 0.05) is 13.0 Å². The molecule has 1 aromatic rings. The molecular formula is C19H31NO2. The van der Waals surface area contributed by atoms with Crippen LogP contribution in [0.5, 0.6) is 0 Å². The monoisotopic (exact) mass is 305 g/mol. The van der Waals surface area contributed by atoms with Crippen molar-refractivity contribution in [3.8, 4) is 0 Å². The Morgan fingerprint density at radius 2 is 1.59 bits per heavy atom. The van der Waals surface area contributed by atoms with Crippen LogP contribution in [0.4, 0.5) is 0 Å². The van der Waals surface area contributed by atoms with Crippen molar-refractivity contribution in [3.05, 3.63) is 35.4 Å². The maximum atomic E-state index is 12.0. The van der Waals surface area contributed by atoms with Crippen LogP contribution in [0.25, 0.3) is 0 Å². The Morgan fingerprint density at radius 1 is 1.05 bits per heavy atom. The Morgan fingerprint density at radius 3 is 2.09 bits per heavy atom. The lowest BCUT2D eigenvalue weighted by Gasteiger charge is -2.16. The topological polar surface area (TPSA) is 49.3 Å². The van der Waals surface area contributed by atoms with Crippen molar-refractivity contribution < 1.29 is 9.90 Å². The second kappa shape index (κ2) is 8.94. The molecule has 0 fully saturated rings. The molecular weight excluding hydrogens is 274 g/mol. The van der Waals surface area contributed by atoms with Gasteiger partial charge in [0.25, 0.3) is 0 Å². The molecule has 0 radical (unpaired) electrons. The lowest BCUT2D eigenvalue weighted by molar-refractivity contribution is -0.121. The third-order valence-corrected chi connectivity index (χ3v) is 4.05. The van der Waals surface area contributed by atoms with Crippen LogP contribution in [0.2, 0.25) is 0 Å². The number of rotatable bonds is 8. The highest BCUT2D eigenvalue weighted by Gasteiger charge is 2.13. The van der Waals surface area contributed by atoms with Crippen LogP contribution >= 0.6 is 0 Å². The average molecular weight is 305 g/mol. The molecule has 22 heavy (non-hydrogen) atoms. The summed E-state index contributed by atoms with van der Waals surface area (Å²) in [5.74, 6) is 1.12. The first kappa shape index (κ1) is 18.7. The van der Waals surface area contributed by atoms with Gasteiger partial charge in [0.2, 0.25) is 5.91 Å². The highest BCUT2D eigenvalue weighted by Crippen LogP contribution is 2.22. The Balaban J connectivity index is 2.43. The molecule has 1 amide bonds. The van der Waals surface area contributed by atoms with Crippen LogP contribution in [0.3, 0.4) is 0 Å². The van der Waals surface area contributed by atoms with E-state index in [1.165, 1.54) is 11.1 Å². The molecule has 2 N–H and O–H groups in total. The van der Waals surface area contributed by atoms with E-state index < -0.39 is 0 Å². The van der Waals surface area contributed by atoms with Crippen LogP contribution in [0, 0.1) is 5.92 Å². The Hall–Kier alpha value is -1.35. The predicted molar refractivity (Wildman–Crippen MR) is 92.0 cm³/mol. The molecule has 0 saturated carbocycles. The summed E-state index contributed by atoms with van der Waals surface area (Å²) >= 11 is 0. The minimum absolute atomic E-state index is 0.0814. The highest BCUT2D eigenvalue weighted by molar-refractivity contribution is 5.76. The zero-order valence-electron chi connectivity index (χ0n) is 14.6. The molecule has 3 heteroatoms. The molecule has 124 valence electrons.